The average Bonchev–Trinajstić information content (AvgIpc) is 1.60. The maximum Gasteiger partial charge on any atom is 0.341 e. The third-order valence-corrected chi connectivity index (χ3v) is 15.8. The molecule has 90 heavy (non-hydrogen) atoms. The number of aliphatic hydroxyl groups excluding tert-OH is 1. The van der Waals surface area contributed by atoms with Crippen LogP contribution in [-0.2, 0) is 62.5 Å². The molecule has 0 saturated heterocycles. The number of aliphatic carboxylic acids is 4. The lowest BCUT2D eigenvalue weighted by atomic mass is 9.94. The first kappa shape index (κ1) is 63.4. The molecule has 476 valence electrons. The molecule has 0 amide bonds. The monoisotopic (exact) mass is 1240 g/mol. The Morgan fingerprint density at radius 1 is 0.356 bits per heavy atom. The quantitative estimate of drug-likeness (QED) is 0.0445. The first-order valence-electron chi connectivity index (χ1n) is 30.1. The highest BCUT2D eigenvalue weighted by Gasteiger charge is 2.27. The lowest BCUT2D eigenvalue weighted by Gasteiger charge is -2.20. The molecule has 18 bridgehead atoms. The van der Waals surface area contributed by atoms with Crippen molar-refractivity contribution >= 4 is 30.2 Å². The van der Waals surface area contributed by atoms with Gasteiger partial charge in [0.05, 0.1) is 46.8 Å². The zero-order valence-corrected chi connectivity index (χ0v) is 49.9. The highest BCUT2D eigenvalue weighted by atomic mass is 16.6. The van der Waals surface area contributed by atoms with Crippen LogP contribution in [0.2, 0.25) is 0 Å². The van der Waals surface area contributed by atoms with Crippen molar-refractivity contribution in [3.8, 4) is 69.0 Å². The zero-order chi connectivity index (χ0) is 63.1. The van der Waals surface area contributed by atoms with E-state index < -0.39 is 56.6 Å². The van der Waals surface area contributed by atoms with Crippen molar-refractivity contribution in [3.05, 3.63) is 140 Å². The number of hydrogen-bond acceptors (Lipinski definition) is 18. The molecule has 20 rings (SSSR count). The highest BCUT2D eigenvalue weighted by Crippen LogP contribution is 2.44. The third kappa shape index (κ3) is 16.6. The second-order valence-electron chi connectivity index (χ2n) is 22.3. The van der Waals surface area contributed by atoms with Gasteiger partial charge in [-0.25, -0.2) is 19.2 Å². The van der Waals surface area contributed by atoms with Gasteiger partial charge in [-0.15, -0.1) is 0 Å². The summed E-state index contributed by atoms with van der Waals surface area (Å²) in [5, 5.41) is 50.0. The maximum absolute atomic E-state index is 12.1. The minimum absolute atomic E-state index is 0.0880. The Kier molecular flexibility index (Phi) is 21.2. The van der Waals surface area contributed by atoms with Gasteiger partial charge >= 0.3 is 23.9 Å². The number of carbonyl (C=O) groups excluding carboxylic acids is 1. The molecule has 2 aliphatic carbocycles. The molecule has 1 unspecified atom stereocenters. The molecule has 6 aromatic rings. The standard InChI is InChI=1S/C68H72O22/c1-79-52-23-40-17-42-25-54-59(87-37-65(72)73)30-47(42)19-43-26-55-58(86-36-64(70)71)29-46(43)18-41(40)24-53(52)80-11-5-2-6-12-82-56-27-44-20-48-31-60(88-38-66(74)75)57(84-14-8-3-7-13-81-54)28-45(48)22-51-34-63(90-68(78)35-69)62(85-16-10-4-9-15-83-55)33-50(51)21-49(44)32-61(56)89-39-67(76)77/h23-35,68,78H,2-22,36-39H2,1H3,(H,70,71)(H,72,73)(H,74,75)(H,76,77). The number of hydrogen-bond donors (Lipinski definition) is 5. The summed E-state index contributed by atoms with van der Waals surface area (Å²) in [4.78, 5) is 60.2. The molecule has 22 heteroatoms. The fourth-order valence-corrected chi connectivity index (χ4v) is 11.4. The summed E-state index contributed by atoms with van der Waals surface area (Å²) in [6.07, 6.45) is 5.33. The summed E-state index contributed by atoms with van der Waals surface area (Å²) in [7, 11) is 1.57. The van der Waals surface area contributed by atoms with Crippen LogP contribution in [0, 0.1) is 0 Å². The average molecular weight is 1240 g/mol. The van der Waals surface area contributed by atoms with Gasteiger partial charge in [0.15, 0.2) is 102 Å². The highest BCUT2D eigenvalue weighted by molar-refractivity contribution is 5.71. The van der Waals surface area contributed by atoms with Crippen molar-refractivity contribution in [2.45, 2.75) is 103 Å². The predicted octanol–water partition coefficient (Wildman–Crippen LogP) is 9.13. The SMILES string of the molecule is COc1cc2c3cc1OCCCCCOc1cc4c(cc1OCC(=O)O)Cc1cc5c(OC(O)C=O)cc1Cc1cc(c(OCC(=O)O)cc1C4)OCCCCCOc1cc(c(cc1OCC(=O)O)Cc1cc(c(OCC(=O)O)cc1C3)OCCCCCO5)C2. The summed E-state index contributed by atoms with van der Waals surface area (Å²) < 4.78 is 74.6. The van der Waals surface area contributed by atoms with E-state index in [2.05, 4.69) is 0 Å². The van der Waals surface area contributed by atoms with Crippen molar-refractivity contribution in [2.75, 3.05) is 73.2 Å². The van der Waals surface area contributed by atoms with E-state index in [1.807, 2.05) is 36.4 Å². The second kappa shape index (κ2) is 30.1. The Morgan fingerprint density at radius 3 is 0.800 bits per heavy atom. The third-order valence-electron chi connectivity index (χ3n) is 15.8. The van der Waals surface area contributed by atoms with Crippen LogP contribution in [0.25, 0.3) is 0 Å². The van der Waals surface area contributed by atoms with Gasteiger partial charge in [-0.05, 0) is 236 Å². The number of carbonyl (C=O) groups is 5. The van der Waals surface area contributed by atoms with Crippen molar-refractivity contribution in [2.24, 2.45) is 0 Å². The Hall–Kier alpha value is -9.57. The number of benzene rings is 6. The van der Waals surface area contributed by atoms with E-state index in [1.165, 1.54) is 0 Å². The van der Waals surface area contributed by atoms with Crippen LogP contribution in [0.15, 0.2) is 72.8 Å². The molecule has 0 fully saturated rings. The molecule has 0 saturated carbocycles. The summed E-state index contributed by atoms with van der Waals surface area (Å²) in [5.41, 5.74) is 9.50. The van der Waals surface area contributed by atoms with Gasteiger partial charge in [0.2, 0.25) is 0 Å². The molecule has 12 aliphatic heterocycles. The van der Waals surface area contributed by atoms with Gasteiger partial charge in [-0.1, -0.05) is 0 Å². The second-order valence-corrected chi connectivity index (χ2v) is 22.3. The van der Waals surface area contributed by atoms with E-state index in [-0.39, 0.29) is 98.8 Å². The largest absolute Gasteiger partial charge is 0.493 e. The molecule has 6 aromatic carbocycles. The number of aliphatic hydroxyl groups is 1. The molecular formula is C68H72O22. The Labute approximate surface area is 519 Å². The van der Waals surface area contributed by atoms with Crippen LogP contribution < -0.4 is 56.8 Å². The molecular weight excluding hydrogens is 1170 g/mol. The van der Waals surface area contributed by atoms with E-state index in [9.17, 15) is 49.5 Å². The number of methoxy groups -OCH3 is 1. The van der Waals surface area contributed by atoms with Gasteiger partial charge in [-0.3, -0.25) is 4.79 Å². The van der Waals surface area contributed by atoms with Crippen molar-refractivity contribution in [3.63, 3.8) is 0 Å². The number of rotatable bonds is 16. The zero-order valence-electron chi connectivity index (χ0n) is 49.9. The number of carboxylic acids is 4. The van der Waals surface area contributed by atoms with E-state index in [1.54, 1.807) is 43.5 Å². The summed E-state index contributed by atoms with van der Waals surface area (Å²) in [6.45, 7) is -1.31. The van der Waals surface area contributed by atoms with Crippen LogP contribution in [0.3, 0.4) is 0 Å². The van der Waals surface area contributed by atoms with Gasteiger partial charge in [0, 0.05) is 0 Å². The topological polar surface area (TPSA) is 297 Å². The molecule has 1 atom stereocenters. The van der Waals surface area contributed by atoms with Crippen LogP contribution in [0.4, 0.5) is 0 Å². The van der Waals surface area contributed by atoms with Crippen LogP contribution >= 0.6 is 0 Å². The van der Waals surface area contributed by atoms with Crippen LogP contribution in [-0.4, -0.2) is 135 Å². The molecule has 22 nitrogen and oxygen atoms in total. The van der Waals surface area contributed by atoms with Gasteiger partial charge in [0.25, 0.3) is 6.29 Å². The van der Waals surface area contributed by atoms with Crippen molar-refractivity contribution < 1.29 is 106 Å². The Morgan fingerprint density at radius 2 is 0.567 bits per heavy atom. The van der Waals surface area contributed by atoms with Gasteiger partial charge in [0.1, 0.15) is 0 Å². The minimum atomic E-state index is -1.84. The van der Waals surface area contributed by atoms with Crippen LogP contribution in [0.5, 0.6) is 69.0 Å². The summed E-state index contributed by atoms with van der Waals surface area (Å²) >= 11 is 0. The van der Waals surface area contributed by atoms with Crippen molar-refractivity contribution in [1.29, 1.82) is 0 Å². The van der Waals surface area contributed by atoms with Crippen molar-refractivity contribution in [1.82, 2.24) is 0 Å². The molecule has 0 spiro atoms. The van der Waals surface area contributed by atoms with E-state index in [0.29, 0.717) is 118 Å². The molecule has 0 radical (unpaired) electrons. The van der Waals surface area contributed by atoms with Gasteiger partial charge in [-0.2, -0.15) is 0 Å². The van der Waals surface area contributed by atoms with Crippen LogP contribution in [0.1, 0.15) is 125 Å². The fourth-order valence-electron chi connectivity index (χ4n) is 11.4. The lowest BCUT2D eigenvalue weighted by molar-refractivity contribution is -0.140. The van der Waals surface area contributed by atoms with E-state index >= 15 is 0 Å². The first-order valence-corrected chi connectivity index (χ1v) is 30.1. The molecule has 5 N–H and O–H groups in total. The fraction of sp³-hybridized carbons (Fsp3) is 0.397. The first-order chi connectivity index (χ1) is 43.7. The lowest BCUT2D eigenvalue weighted by Crippen LogP contribution is -2.18. The summed E-state index contributed by atoms with van der Waals surface area (Å²) in [5.74, 6) is -1.32. The number of ether oxygens (including phenoxy) is 12. The van der Waals surface area contributed by atoms with Gasteiger partial charge < -0.3 is 82.4 Å². The maximum atomic E-state index is 12.1. The number of carboxylic acid groups (broad SMARTS) is 4. The normalized spacial score (nSPS) is 15.4. The van der Waals surface area contributed by atoms with E-state index in [0.717, 1.165) is 61.2 Å². The molecule has 14 aliphatic rings. The Balaban J connectivity index is 1.12. The molecule has 12 heterocycles. The number of aldehydes is 1. The van der Waals surface area contributed by atoms with E-state index in [4.69, 9.17) is 56.8 Å². The Bertz CT molecular complexity index is 3610. The minimum Gasteiger partial charge on any atom is -0.493 e. The predicted molar refractivity (Wildman–Crippen MR) is 322 cm³/mol. The smallest absolute Gasteiger partial charge is 0.341 e. The molecule has 0 aromatic heterocycles. The summed E-state index contributed by atoms with van der Waals surface area (Å²) in [6, 6.07) is 21.9.